The van der Waals surface area contributed by atoms with E-state index in [9.17, 15) is 0 Å². The van der Waals surface area contributed by atoms with Crippen molar-refractivity contribution >= 4 is 11.8 Å². The maximum Gasteiger partial charge on any atom is 0.111 e. The smallest absolute Gasteiger partial charge is 0.111 e. The lowest BCUT2D eigenvalue weighted by Gasteiger charge is -2.14. The lowest BCUT2D eigenvalue weighted by Crippen LogP contribution is -2.09. The van der Waals surface area contributed by atoms with Gasteiger partial charge in [0.05, 0.1) is 0 Å². The van der Waals surface area contributed by atoms with E-state index in [1.165, 1.54) is 10.5 Å². The molecule has 2 rings (SSSR count). The predicted molar refractivity (Wildman–Crippen MR) is 73.2 cm³/mol. The van der Waals surface area contributed by atoms with Crippen LogP contribution in [0.2, 0.25) is 0 Å². The van der Waals surface area contributed by atoms with Crippen LogP contribution in [0.3, 0.4) is 0 Å². The average molecular weight is 244 g/mol. The van der Waals surface area contributed by atoms with Crippen LogP contribution in [-0.2, 0) is 11.2 Å². The van der Waals surface area contributed by atoms with E-state index in [1.807, 2.05) is 12.1 Å². The van der Waals surface area contributed by atoms with Crippen LogP contribution in [0.4, 0.5) is 0 Å². The van der Waals surface area contributed by atoms with Crippen molar-refractivity contribution in [1.82, 2.24) is 0 Å². The zero-order valence-corrected chi connectivity index (χ0v) is 10.7. The van der Waals surface area contributed by atoms with Gasteiger partial charge >= 0.3 is 0 Å². The molecule has 0 aliphatic heterocycles. The summed E-state index contributed by atoms with van der Waals surface area (Å²) in [5.41, 5.74) is 1.47. The highest BCUT2D eigenvalue weighted by atomic mass is 32.2. The van der Waals surface area contributed by atoms with Crippen molar-refractivity contribution in [3.63, 3.8) is 0 Å². The molecule has 2 heteroatoms. The van der Waals surface area contributed by atoms with E-state index < -0.39 is 0 Å². The zero-order chi connectivity index (χ0) is 11.9. The monoisotopic (exact) mass is 244 g/mol. The molecule has 0 amide bonds. The highest BCUT2D eigenvalue weighted by Gasteiger charge is 2.09. The molecule has 1 atom stereocenters. The quantitative estimate of drug-likeness (QED) is 0.581. The van der Waals surface area contributed by atoms with Gasteiger partial charge in [0, 0.05) is 18.4 Å². The van der Waals surface area contributed by atoms with Gasteiger partial charge in [-0.3, -0.25) is 0 Å². The SMILES string of the molecule is COC(Cc1ccccc1)Sc1ccccc1. The maximum absolute atomic E-state index is 5.52. The third kappa shape index (κ3) is 3.91. The molecule has 88 valence electrons. The van der Waals surface area contributed by atoms with Gasteiger partial charge in [0.15, 0.2) is 0 Å². The third-order valence-corrected chi connectivity index (χ3v) is 3.69. The summed E-state index contributed by atoms with van der Waals surface area (Å²) in [7, 11) is 1.77. The highest BCUT2D eigenvalue weighted by molar-refractivity contribution is 7.99. The van der Waals surface area contributed by atoms with Crippen molar-refractivity contribution < 1.29 is 4.74 Å². The van der Waals surface area contributed by atoms with Crippen molar-refractivity contribution in [2.24, 2.45) is 0 Å². The summed E-state index contributed by atoms with van der Waals surface area (Å²) >= 11 is 1.76. The number of ether oxygens (including phenoxy) is 1. The van der Waals surface area contributed by atoms with Gasteiger partial charge < -0.3 is 4.74 Å². The Bertz CT molecular complexity index is 386. The lowest BCUT2D eigenvalue weighted by atomic mass is 10.2. The van der Waals surface area contributed by atoms with Gasteiger partial charge in [-0.15, -0.1) is 0 Å². The standard InChI is InChI=1S/C15H16OS/c1-16-15(12-13-8-4-2-5-9-13)17-14-10-6-3-7-11-14/h2-11,15H,12H2,1H3. The van der Waals surface area contributed by atoms with Gasteiger partial charge in [0.1, 0.15) is 5.44 Å². The van der Waals surface area contributed by atoms with Crippen LogP contribution in [0.25, 0.3) is 0 Å². The van der Waals surface area contributed by atoms with E-state index in [-0.39, 0.29) is 5.44 Å². The predicted octanol–water partition coefficient (Wildman–Crippen LogP) is 3.99. The number of hydrogen-bond donors (Lipinski definition) is 0. The second-order valence-electron chi connectivity index (χ2n) is 3.79. The van der Waals surface area contributed by atoms with E-state index in [4.69, 9.17) is 4.74 Å². The molecular weight excluding hydrogens is 228 g/mol. The molecule has 2 aromatic carbocycles. The molecule has 1 nitrogen and oxygen atoms in total. The summed E-state index contributed by atoms with van der Waals surface area (Å²) < 4.78 is 5.52. The Morgan fingerprint density at radius 1 is 0.941 bits per heavy atom. The van der Waals surface area contributed by atoms with E-state index in [1.54, 1.807) is 18.9 Å². The van der Waals surface area contributed by atoms with Gasteiger partial charge in [0.25, 0.3) is 0 Å². The summed E-state index contributed by atoms with van der Waals surface area (Å²) in [6, 6.07) is 20.8. The van der Waals surface area contributed by atoms with Crippen LogP contribution in [0.15, 0.2) is 65.6 Å². The molecule has 17 heavy (non-hydrogen) atoms. The molecule has 2 aromatic rings. The average Bonchev–Trinajstić information content (AvgIpc) is 2.40. The van der Waals surface area contributed by atoms with Gasteiger partial charge in [0.2, 0.25) is 0 Å². The zero-order valence-electron chi connectivity index (χ0n) is 9.87. The lowest BCUT2D eigenvalue weighted by molar-refractivity contribution is 0.173. The molecule has 0 saturated heterocycles. The first-order valence-corrected chi connectivity index (χ1v) is 6.55. The molecule has 0 N–H and O–H groups in total. The van der Waals surface area contributed by atoms with E-state index >= 15 is 0 Å². The molecule has 0 saturated carbocycles. The van der Waals surface area contributed by atoms with Crippen molar-refractivity contribution in [3.05, 3.63) is 66.2 Å². The normalized spacial score (nSPS) is 12.3. The van der Waals surface area contributed by atoms with Crippen LogP contribution >= 0.6 is 11.8 Å². The fraction of sp³-hybridized carbons (Fsp3) is 0.200. The Labute approximate surface area is 107 Å². The summed E-state index contributed by atoms with van der Waals surface area (Å²) in [5.74, 6) is 0. The van der Waals surface area contributed by atoms with Crippen LogP contribution in [0.1, 0.15) is 5.56 Å². The Morgan fingerprint density at radius 3 is 2.12 bits per heavy atom. The molecule has 0 spiro atoms. The van der Waals surface area contributed by atoms with E-state index in [2.05, 4.69) is 48.5 Å². The first kappa shape index (κ1) is 12.2. The van der Waals surface area contributed by atoms with Crippen molar-refractivity contribution in [2.45, 2.75) is 16.8 Å². The summed E-state index contributed by atoms with van der Waals surface area (Å²) in [6.07, 6.45) is 0.927. The van der Waals surface area contributed by atoms with Gasteiger partial charge in [-0.2, -0.15) is 0 Å². The Balaban J connectivity index is 1.98. The number of benzene rings is 2. The third-order valence-electron chi connectivity index (χ3n) is 2.52. The molecule has 1 unspecified atom stereocenters. The molecule has 0 bridgehead atoms. The van der Waals surface area contributed by atoms with Crippen LogP contribution in [0.5, 0.6) is 0 Å². The fourth-order valence-electron chi connectivity index (χ4n) is 1.63. The maximum atomic E-state index is 5.52. The minimum absolute atomic E-state index is 0.166. The Morgan fingerprint density at radius 2 is 1.53 bits per heavy atom. The minimum atomic E-state index is 0.166. The number of methoxy groups -OCH3 is 1. The number of hydrogen-bond acceptors (Lipinski definition) is 2. The first-order valence-electron chi connectivity index (χ1n) is 5.67. The Kier molecular flexibility index (Phi) is 4.65. The van der Waals surface area contributed by atoms with Crippen molar-refractivity contribution in [2.75, 3.05) is 7.11 Å². The molecular formula is C15H16OS. The summed E-state index contributed by atoms with van der Waals surface area (Å²) in [4.78, 5) is 1.25. The van der Waals surface area contributed by atoms with Gasteiger partial charge in [-0.25, -0.2) is 0 Å². The molecule has 0 heterocycles. The molecule has 0 radical (unpaired) electrons. The van der Waals surface area contributed by atoms with Crippen LogP contribution in [0, 0.1) is 0 Å². The molecule has 0 aliphatic carbocycles. The van der Waals surface area contributed by atoms with E-state index in [0.717, 1.165) is 6.42 Å². The van der Waals surface area contributed by atoms with Crippen molar-refractivity contribution in [3.8, 4) is 0 Å². The highest BCUT2D eigenvalue weighted by Crippen LogP contribution is 2.25. The first-order chi connectivity index (χ1) is 8.38. The van der Waals surface area contributed by atoms with Crippen molar-refractivity contribution in [1.29, 1.82) is 0 Å². The van der Waals surface area contributed by atoms with Gasteiger partial charge in [-0.05, 0) is 17.7 Å². The second-order valence-corrected chi connectivity index (χ2v) is 5.02. The van der Waals surface area contributed by atoms with E-state index in [0.29, 0.717) is 0 Å². The minimum Gasteiger partial charge on any atom is -0.370 e. The van der Waals surface area contributed by atoms with Crippen LogP contribution in [-0.4, -0.2) is 12.5 Å². The number of thioether (sulfide) groups is 1. The second kappa shape index (κ2) is 6.48. The molecule has 0 aromatic heterocycles. The largest absolute Gasteiger partial charge is 0.370 e. The number of rotatable bonds is 5. The van der Waals surface area contributed by atoms with Gasteiger partial charge in [-0.1, -0.05) is 60.3 Å². The summed E-state index contributed by atoms with van der Waals surface area (Å²) in [6.45, 7) is 0. The summed E-state index contributed by atoms with van der Waals surface area (Å²) in [5, 5.41) is 0. The molecule has 0 aliphatic rings. The molecule has 0 fully saturated rings. The Hall–Kier alpha value is -1.25. The fourth-order valence-corrected chi connectivity index (χ4v) is 2.62. The topological polar surface area (TPSA) is 9.23 Å². The van der Waals surface area contributed by atoms with Crippen LogP contribution < -0.4 is 0 Å².